The first-order valence-corrected chi connectivity index (χ1v) is 6.54. The Bertz CT molecular complexity index is 607. The van der Waals surface area contributed by atoms with Crippen molar-refractivity contribution in [3.63, 3.8) is 0 Å². The summed E-state index contributed by atoms with van der Waals surface area (Å²) in [5.41, 5.74) is -0.435. The van der Waals surface area contributed by atoms with E-state index in [1.54, 1.807) is 17.9 Å². The van der Waals surface area contributed by atoms with Crippen molar-refractivity contribution in [1.82, 2.24) is 4.98 Å². The van der Waals surface area contributed by atoms with Gasteiger partial charge in [-0.2, -0.15) is 5.26 Å². The maximum absolute atomic E-state index is 11.7. The number of esters is 1. The Morgan fingerprint density at radius 2 is 2.38 bits per heavy atom. The molecule has 2 rings (SSSR count). The highest BCUT2D eigenvalue weighted by molar-refractivity contribution is 5.78. The largest absolute Gasteiger partial charge is 0.465 e. The predicted octanol–water partition coefficient (Wildman–Crippen LogP) is 1.39. The van der Waals surface area contributed by atoms with Gasteiger partial charge in [0.15, 0.2) is 0 Å². The third-order valence-electron chi connectivity index (χ3n) is 3.07. The average Bonchev–Trinajstić information content (AvgIpc) is 3.28. The summed E-state index contributed by atoms with van der Waals surface area (Å²) in [5.74, 6) is -0.419. The van der Waals surface area contributed by atoms with Crippen LogP contribution in [-0.2, 0) is 9.53 Å². The number of carbonyl (C=O) groups is 1. The third-order valence-corrected chi connectivity index (χ3v) is 3.07. The summed E-state index contributed by atoms with van der Waals surface area (Å²) in [4.78, 5) is 27.8. The molecule has 1 aromatic rings. The van der Waals surface area contributed by atoms with E-state index in [1.807, 2.05) is 0 Å². The normalized spacial score (nSPS) is 13.3. The van der Waals surface area contributed by atoms with Gasteiger partial charge in [0, 0.05) is 12.2 Å². The number of nitro groups is 1. The SMILES string of the molecule is CCOC(=O)CN(c1nccc(C#N)c1[N+](=O)[O-])C1CC1. The van der Waals surface area contributed by atoms with Crippen LogP contribution in [0, 0.1) is 21.4 Å². The van der Waals surface area contributed by atoms with E-state index in [9.17, 15) is 14.9 Å². The second kappa shape index (κ2) is 6.17. The molecule has 0 bridgehead atoms. The molecule has 0 N–H and O–H groups in total. The monoisotopic (exact) mass is 290 g/mol. The molecule has 0 aliphatic heterocycles. The van der Waals surface area contributed by atoms with Gasteiger partial charge >= 0.3 is 11.7 Å². The molecule has 0 amide bonds. The molecule has 0 atom stereocenters. The highest BCUT2D eigenvalue weighted by Gasteiger charge is 2.36. The van der Waals surface area contributed by atoms with E-state index >= 15 is 0 Å². The first-order valence-electron chi connectivity index (χ1n) is 6.54. The summed E-state index contributed by atoms with van der Waals surface area (Å²) in [6.07, 6.45) is 2.99. The molecule has 110 valence electrons. The van der Waals surface area contributed by atoms with Crippen LogP contribution in [0.4, 0.5) is 11.5 Å². The smallest absolute Gasteiger partial charge is 0.329 e. The Balaban J connectivity index is 2.39. The lowest BCUT2D eigenvalue weighted by molar-refractivity contribution is -0.384. The first-order chi connectivity index (χ1) is 10.1. The molecular formula is C13H14N4O4. The summed E-state index contributed by atoms with van der Waals surface area (Å²) >= 11 is 0. The summed E-state index contributed by atoms with van der Waals surface area (Å²) in [5, 5.41) is 20.2. The zero-order chi connectivity index (χ0) is 15.4. The van der Waals surface area contributed by atoms with Crippen LogP contribution in [0.25, 0.3) is 0 Å². The highest BCUT2D eigenvalue weighted by Crippen LogP contribution is 2.36. The minimum Gasteiger partial charge on any atom is -0.465 e. The van der Waals surface area contributed by atoms with Crippen LogP contribution in [0.1, 0.15) is 25.3 Å². The fourth-order valence-corrected chi connectivity index (χ4v) is 2.03. The van der Waals surface area contributed by atoms with Gasteiger partial charge in [0.2, 0.25) is 5.82 Å². The Kier molecular flexibility index (Phi) is 4.33. The van der Waals surface area contributed by atoms with Gasteiger partial charge in [-0.1, -0.05) is 0 Å². The number of hydrogen-bond acceptors (Lipinski definition) is 7. The van der Waals surface area contributed by atoms with Crippen molar-refractivity contribution >= 4 is 17.5 Å². The molecule has 0 saturated heterocycles. The van der Waals surface area contributed by atoms with Gasteiger partial charge in [-0.05, 0) is 25.8 Å². The van der Waals surface area contributed by atoms with Crippen LogP contribution in [-0.4, -0.2) is 35.1 Å². The minimum atomic E-state index is -0.637. The van der Waals surface area contributed by atoms with Crippen molar-refractivity contribution in [2.24, 2.45) is 0 Å². The first kappa shape index (κ1) is 14.7. The lowest BCUT2D eigenvalue weighted by Crippen LogP contribution is -2.34. The Morgan fingerprint density at radius 1 is 1.67 bits per heavy atom. The van der Waals surface area contributed by atoms with Crippen LogP contribution in [0.3, 0.4) is 0 Å². The van der Waals surface area contributed by atoms with Crippen molar-refractivity contribution in [2.75, 3.05) is 18.1 Å². The average molecular weight is 290 g/mol. The molecule has 0 spiro atoms. The molecule has 1 fully saturated rings. The number of pyridine rings is 1. The van der Waals surface area contributed by atoms with E-state index < -0.39 is 10.9 Å². The fourth-order valence-electron chi connectivity index (χ4n) is 2.03. The fraction of sp³-hybridized carbons (Fsp3) is 0.462. The Labute approximate surface area is 121 Å². The molecule has 1 aliphatic rings. The highest BCUT2D eigenvalue weighted by atomic mass is 16.6. The molecule has 0 unspecified atom stereocenters. The predicted molar refractivity (Wildman–Crippen MR) is 72.6 cm³/mol. The summed E-state index contributed by atoms with van der Waals surface area (Å²) in [6, 6.07) is 3.10. The second-order valence-corrected chi connectivity index (χ2v) is 4.56. The van der Waals surface area contributed by atoms with Gasteiger partial charge in [0.05, 0.1) is 11.5 Å². The lowest BCUT2D eigenvalue weighted by atomic mass is 10.2. The molecule has 8 heteroatoms. The molecular weight excluding hydrogens is 276 g/mol. The zero-order valence-corrected chi connectivity index (χ0v) is 11.5. The number of hydrogen-bond donors (Lipinski definition) is 0. The van der Waals surface area contributed by atoms with Gasteiger partial charge in [0.25, 0.3) is 0 Å². The summed E-state index contributed by atoms with van der Waals surface area (Å²) in [7, 11) is 0. The summed E-state index contributed by atoms with van der Waals surface area (Å²) in [6.45, 7) is 1.82. The van der Waals surface area contributed by atoms with Crippen molar-refractivity contribution in [3.8, 4) is 6.07 Å². The second-order valence-electron chi connectivity index (χ2n) is 4.56. The third kappa shape index (κ3) is 3.25. The number of ether oxygens (including phenoxy) is 1. The van der Waals surface area contributed by atoms with Crippen molar-refractivity contribution in [3.05, 3.63) is 27.9 Å². The van der Waals surface area contributed by atoms with Crippen LogP contribution in [0.2, 0.25) is 0 Å². The van der Waals surface area contributed by atoms with Crippen LogP contribution < -0.4 is 4.90 Å². The minimum absolute atomic E-state index is 0.0227. The molecule has 0 aromatic carbocycles. The molecule has 8 nitrogen and oxygen atoms in total. The number of nitrogens with zero attached hydrogens (tertiary/aromatic N) is 4. The van der Waals surface area contributed by atoms with E-state index in [0.717, 1.165) is 12.8 Å². The number of nitriles is 1. The van der Waals surface area contributed by atoms with E-state index in [0.29, 0.717) is 0 Å². The Morgan fingerprint density at radius 3 is 2.90 bits per heavy atom. The molecule has 21 heavy (non-hydrogen) atoms. The quantitative estimate of drug-likeness (QED) is 0.442. The van der Waals surface area contributed by atoms with Crippen LogP contribution in [0.5, 0.6) is 0 Å². The number of carbonyl (C=O) groups excluding carboxylic acids is 1. The van der Waals surface area contributed by atoms with E-state index in [2.05, 4.69) is 4.98 Å². The van der Waals surface area contributed by atoms with Gasteiger partial charge in [-0.15, -0.1) is 0 Å². The maximum Gasteiger partial charge on any atom is 0.329 e. The standard InChI is InChI=1S/C13H14N4O4/c1-2-21-11(18)8-16(10-3-4-10)13-12(17(19)20)9(7-14)5-6-15-13/h5-6,10H,2-4,8H2,1H3. The zero-order valence-electron chi connectivity index (χ0n) is 11.5. The number of anilines is 1. The van der Waals surface area contributed by atoms with Crippen molar-refractivity contribution in [1.29, 1.82) is 5.26 Å². The van der Waals surface area contributed by atoms with Gasteiger partial charge < -0.3 is 9.64 Å². The molecule has 1 aromatic heterocycles. The van der Waals surface area contributed by atoms with Crippen LogP contribution >= 0.6 is 0 Å². The van der Waals surface area contributed by atoms with E-state index in [1.165, 1.54) is 12.3 Å². The van der Waals surface area contributed by atoms with E-state index in [4.69, 9.17) is 10.00 Å². The maximum atomic E-state index is 11.7. The topological polar surface area (TPSA) is 109 Å². The van der Waals surface area contributed by atoms with Crippen molar-refractivity contribution < 1.29 is 14.5 Å². The Hall–Kier alpha value is -2.69. The van der Waals surface area contributed by atoms with Gasteiger partial charge in [-0.25, -0.2) is 4.98 Å². The molecule has 0 radical (unpaired) electrons. The van der Waals surface area contributed by atoms with E-state index in [-0.39, 0.29) is 36.3 Å². The number of rotatable bonds is 6. The molecule has 1 aliphatic carbocycles. The molecule has 1 heterocycles. The molecule has 1 saturated carbocycles. The lowest BCUT2D eigenvalue weighted by Gasteiger charge is -2.22. The van der Waals surface area contributed by atoms with Crippen LogP contribution in [0.15, 0.2) is 12.3 Å². The number of aromatic nitrogens is 1. The van der Waals surface area contributed by atoms with Crippen molar-refractivity contribution in [2.45, 2.75) is 25.8 Å². The summed E-state index contributed by atoms with van der Waals surface area (Å²) < 4.78 is 4.89. The van der Waals surface area contributed by atoms with Gasteiger partial charge in [-0.3, -0.25) is 14.9 Å². The van der Waals surface area contributed by atoms with Gasteiger partial charge in [0.1, 0.15) is 18.2 Å².